The van der Waals surface area contributed by atoms with Crippen molar-refractivity contribution in [2.45, 2.75) is 47.1 Å². The van der Waals surface area contributed by atoms with Crippen LogP contribution >= 0.6 is 15.9 Å². The number of hydrogen-bond donors (Lipinski definition) is 1. The molecule has 0 radical (unpaired) electrons. The summed E-state index contributed by atoms with van der Waals surface area (Å²) in [4.78, 5) is 13.4. The van der Waals surface area contributed by atoms with Crippen LogP contribution in [0.4, 0.5) is 5.95 Å². The van der Waals surface area contributed by atoms with Crippen molar-refractivity contribution >= 4 is 32.9 Å². The summed E-state index contributed by atoms with van der Waals surface area (Å²) in [6.45, 7) is 11.4. The molecule has 0 spiro atoms. The first-order valence-electron chi connectivity index (χ1n) is 8.03. The van der Waals surface area contributed by atoms with Crippen molar-refractivity contribution in [2.24, 2.45) is 0 Å². The molecule has 126 valence electrons. The Morgan fingerprint density at radius 2 is 1.88 bits per heavy atom. The van der Waals surface area contributed by atoms with Gasteiger partial charge in [-0.1, -0.05) is 13.8 Å². The molecule has 2 N–H and O–H groups in total. The zero-order valence-corrected chi connectivity index (χ0v) is 16.3. The van der Waals surface area contributed by atoms with E-state index in [0.717, 1.165) is 21.3 Å². The molecule has 0 saturated heterocycles. The predicted molar refractivity (Wildman–Crippen MR) is 101 cm³/mol. The van der Waals surface area contributed by atoms with Gasteiger partial charge in [-0.15, -0.1) is 0 Å². The minimum absolute atomic E-state index is 0.272. The van der Waals surface area contributed by atoms with Crippen LogP contribution in [-0.4, -0.2) is 19.5 Å². The van der Waals surface area contributed by atoms with E-state index in [9.17, 15) is 0 Å². The lowest BCUT2D eigenvalue weighted by Gasteiger charge is -2.11. The average molecular weight is 388 g/mol. The number of rotatable bonds is 3. The molecular formula is C18H22BrN5. The summed E-state index contributed by atoms with van der Waals surface area (Å²) in [5.74, 6) is 0.639. The van der Waals surface area contributed by atoms with E-state index in [4.69, 9.17) is 5.73 Å². The van der Waals surface area contributed by atoms with E-state index in [1.165, 1.54) is 22.3 Å². The molecular weight excluding hydrogens is 366 g/mol. The number of anilines is 1. The summed E-state index contributed by atoms with van der Waals surface area (Å²) in [6, 6.07) is 0. The van der Waals surface area contributed by atoms with Gasteiger partial charge >= 0.3 is 0 Å². The second-order valence-corrected chi connectivity index (χ2v) is 7.33. The zero-order valence-electron chi connectivity index (χ0n) is 14.7. The number of nitrogens with zero attached hydrogens (tertiary/aromatic N) is 4. The summed E-state index contributed by atoms with van der Waals surface area (Å²) in [5.41, 5.74) is 12.7. The summed E-state index contributed by atoms with van der Waals surface area (Å²) in [7, 11) is 0. The molecule has 3 aromatic rings. The minimum Gasteiger partial charge on any atom is -0.368 e. The lowest BCUT2D eigenvalue weighted by Crippen LogP contribution is -2.06. The van der Waals surface area contributed by atoms with Crippen LogP contribution in [0.5, 0.6) is 0 Å². The number of nitrogens with two attached hydrogens (primary N) is 1. The van der Waals surface area contributed by atoms with Gasteiger partial charge in [0, 0.05) is 12.4 Å². The van der Waals surface area contributed by atoms with Crippen molar-refractivity contribution < 1.29 is 0 Å². The molecule has 0 unspecified atom stereocenters. The van der Waals surface area contributed by atoms with E-state index in [-0.39, 0.29) is 5.95 Å². The lowest BCUT2D eigenvalue weighted by atomic mass is 10.0. The highest BCUT2D eigenvalue weighted by atomic mass is 79.9. The van der Waals surface area contributed by atoms with Gasteiger partial charge in [0.25, 0.3) is 0 Å². The van der Waals surface area contributed by atoms with Crippen LogP contribution in [0.25, 0.3) is 11.0 Å². The normalized spacial score (nSPS) is 11.6. The van der Waals surface area contributed by atoms with Crippen LogP contribution in [0, 0.1) is 20.8 Å². The number of nitrogen functional groups attached to an aromatic ring is 1. The number of halogens is 1. The zero-order chi connectivity index (χ0) is 17.6. The van der Waals surface area contributed by atoms with Crippen molar-refractivity contribution in [1.29, 1.82) is 0 Å². The van der Waals surface area contributed by atoms with Crippen LogP contribution in [0.1, 0.15) is 47.7 Å². The monoisotopic (exact) mass is 387 g/mol. The molecule has 6 heteroatoms. The quantitative estimate of drug-likeness (QED) is 0.681. The first-order chi connectivity index (χ1) is 11.3. The van der Waals surface area contributed by atoms with Crippen LogP contribution < -0.4 is 5.73 Å². The maximum absolute atomic E-state index is 5.87. The molecule has 5 nitrogen and oxygen atoms in total. The van der Waals surface area contributed by atoms with Gasteiger partial charge in [0.15, 0.2) is 0 Å². The van der Waals surface area contributed by atoms with Gasteiger partial charge < -0.3 is 10.3 Å². The molecule has 0 aliphatic carbocycles. The van der Waals surface area contributed by atoms with Crippen LogP contribution in [0.3, 0.4) is 0 Å². The van der Waals surface area contributed by atoms with Gasteiger partial charge in [0.05, 0.1) is 17.6 Å². The lowest BCUT2D eigenvalue weighted by molar-refractivity contribution is 0.773. The van der Waals surface area contributed by atoms with Gasteiger partial charge in [0.2, 0.25) is 5.95 Å². The highest BCUT2D eigenvalue weighted by Crippen LogP contribution is 2.32. The molecule has 0 aliphatic heterocycles. The molecule has 3 heterocycles. The third-order valence-corrected chi connectivity index (χ3v) is 5.24. The second-order valence-electron chi connectivity index (χ2n) is 6.58. The van der Waals surface area contributed by atoms with Gasteiger partial charge in [-0.2, -0.15) is 4.98 Å². The third kappa shape index (κ3) is 2.79. The fourth-order valence-corrected chi connectivity index (χ4v) is 3.54. The highest BCUT2D eigenvalue weighted by molar-refractivity contribution is 9.10. The van der Waals surface area contributed by atoms with Crippen molar-refractivity contribution in [1.82, 2.24) is 19.5 Å². The van der Waals surface area contributed by atoms with Crippen molar-refractivity contribution in [3.63, 3.8) is 0 Å². The molecule has 24 heavy (non-hydrogen) atoms. The van der Waals surface area contributed by atoms with Gasteiger partial charge in [0.1, 0.15) is 10.3 Å². The number of aromatic nitrogens is 4. The van der Waals surface area contributed by atoms with E-state index in [1.807, 2.05) is 6.20 Å². The predicted octanol–water partition coefficient (Wildman–Crippen LogP) is 4.27. The Hall–Kier alpha value is -1.95. The summed E-state index contributed by atoms with van der Waals surface area (Å²) in [6.07, 6.45) is 4.08. The molecule has 0 fully saturated rings. The fourth-order valence-electron chi connectivity index (χ4n) is 2.95. The molecule has 3 rings (SSSR count). The maximum Gasteiger partial charge on any atom is 0.223 e. The molecule has 0 saturated carbocycles. The number of pyridine rings is 1. The first kappa shape index (κ1) is 16.9. The largest absolute Gasteiger partial charge is 0.368 e. The van der Waals surface area contributed by atoms with Crippen molar-refractivity contribution in [3.8, 4) is 0 Å². The van der Waals surface area contributed by atoms with Crippen LogP contribution in [-0.2, 0) is 6.54 Å². The van der Waals surface area contributed by atoms with E-state index < -0.39 is 0 Å². The maximum atomic E-state index is 5.87. The number of hydrogen-bond acceptors (Lipinski definition) is 4. The minimum atomic E-state index is 0.272. The third-order valence-electron chi connectivity index (χ3n) is 4.66. The van der Waals surface area contributed by atoms with E-state index in [0.29, 0.717) is 12.5 Å². The summed E-state index contributed by atoms with van der Waals surface area (Å²) in [5, 5.41) is 1.03. The molecule has 0 aliphatic rings. The van der Waals surface area contributed by atoms with Crippen molar-refractivity contribution in [2.75, 3.05) is 5.73 Å². The molecule has 0 atom stereocenters. The second kappa shape index (κ2) is 6.16. The van der Waals surface area contributed by atoms with Crippen molar-refractivity contribution in [3.05, 3.63) is 44.9 Å². The Morgan fingerprint density at radius 3 is 2.54 bits per heavy atom. The Morgan fingerprint density at radius 1 is 1.17 bits per heavy atom. The SMILES string of the molecule is Cc1cnc(Cn2cc(C(C)C)c3c(Br)nc(N)nc32)c(C)c1C. The first-order valence-corrected chi connectivity index (χ1v) is 8.82. The van der Waals surface area contributed by atoms with Gasteiger partial charge in [-0.3, -0.25) is 4.98 Å². The molecule has 0 amide bonds. The standard InChI is InChI=1S/C18H22BrN5/c1-9(2)13-7-24(17-15(13)16(19)22-18(20)23-17)8-14-12(5)11(4)10(3)6-21-14/h6-7,9H,8H2,1-5H3,(H2,20,22,23). The van der Waals surface area contributed by atoms with Gasteiger partial charge in [-0.05, 0) is 64.9 Å². The van der Waals surface area contributed by atoms with Crippen LogP contribution in [0.15, 0.2) is 17.0 Å². The Labute approximate surface area is 150 Å². The Bertz CT molecular complexity index is 927. The molecule has 3 aromatic heterocycles. The smallest absolute Gasteiger partial charge is 0.223 e. The summed E-state index contributed by atoms with van der Waals surface area (Å²) >= 11 is 3.54. The fraction of sp³-hybridized carbons (Fsp3) is 0.389. The molecule has 0 aromatic carbocycles. The topological polar surface area (TPSA) is 69.6 Å². The number of aryl methyl sites for hydroxylation is 1. The van der Waals surface area contributed by atoms with Crippen LogP contribution in [0.2, 0.25) is 0 Å². The van der Waals surface area contributed by atoms with Gasteiger partial charge in [-0.25, -0.2) is 4.98 Å². The number of fused-ring (bicyclic) bond motifs is 1. The summed E-state index contributed by atoms with van der Waals surface area (Å²) < 4.78 is 2.87. The Kier molecular flexibility index (Phi) is 4.34. The molecule has 0 bridgehead atoms. The van der Waals surface area contributed by atoms with E-state index in [1.54, 1.807) is 0 Å². The highest BCUT2D eigenvalue weighted by Gasteiger charge is 2.18. The Balaban J connectivity index is 2.19. The van der Waals surface area contributed by atoms with E-state index in [2.05, 4.69) is 76.3 Å². The average Bonchev–Trinajstić information content (AvgIpc) is 2.87. The van der Waals surface area contributed by atoms with E-state index >= 15 is 0 Å².